The van der Waals surface area contributed by atoms with E-state index in [0.717, 1.165) is 22.6 Å². The molecule has 90 valence electrons. The van der Waals surface area contributed by atoms with E-state index in [1.807, 2.05) is 6.92 Å². The molecule has 0 aliphatic carbocycles. The summed E-state index contributed by atoms with van der Waals surface area (Å²) in [4.78, 5) is 1.54. The molecule has 0 spiro atoms. The van der Waals surface area contributed by atoms with Gasteiger partial charge in [-0.15, -0.1) is 0 Å². The quantitative estimate of drug-likeness (QED) is 0.805. The van der Waals surface area contributed by atoms with E-state index in [1.54, 1.807) is 18.2 Å². The zero-order valence-corrected chi connectivity index (χ0v) is 10.4. The van der Waals surface area contributed by atoms with E-state index in [4.69, 9.17) is 5.26 Å². The molecule has 0 unspecified atom stereocenters. The summed E-state index contributed by atoms with van der Waals surface area (Å²) in [5.74, 6) is -1.71. The molecule has 0 aliphatic rings. The summed E-state index contributed by atoms with van der Waals surface area (Å²) < 4.78 is 25.9. The minimum absolute atomic E-state index is 0.585. The van der Waals surface area contributed by atoms with Crippen LogP contribution in [0, 0.1) is 29.9 Å². The van der Waals surface area contributed by atoms with Crippen molar-refractivity contribution in [2.24, 2.45) is 0 Å². The number of benzene rings is 2. The first kappa shape index (κ1) is 12.6. The summed E-state index contributed by atoms with van der Waals surface area (Å²) in [5, 5.41) is 8.76. The Balaban J connectivity index is 2.29. The second-order valence-corrected chi connectivity index (χ2v) is 4.89. The molecule has 0 atom stereocenters. The molecule has 4 heteroatoms. The minimum Gasteiger partial charge on any atom is -0.204 e. The lowest BCUT2D eigenvalue weighted by atomic mass is 10.2. The summed E-state index contributed by atoms with van der Waals surface area (Å²) in [5.41, 5.74) is 1.52. The van der Waals surface area contributed by atoms with Gasteiger partial charge in [-0.3, -0.25) is 0 Å². The molecule has 0 aliphatic heterocycles. The average Bonchev–Trinajstić information content (AvgIpc) is 2.36. The van der Waals surface area contributed by atoms with Gasteiger partial charge in [0.1, 0.15) is 0 Å². The maximum atomic E-state index is 13.1. The number of nitrogens with zero attached hydrogens (tertiary/aromatic N) is 1. The van der Waals surface area contributed by atoms with Crippen molar-refractivity contribution in [2.45, 2.75) is 16.7 Å². The van der Waals surface area contributed by atoms with Gasteiger partial charge in [0, 0.05) is 9.79 Å². The lowest BCUT2D eigenvalue weighted by Crippen LogP contribution is -1.85. The van der Waals surface area contributed by atoms with Gasteiger partial charge in [-0.05, 0) is 48.9 Å². The third-order valence-electron chi connectivity index (χ3n) is 2.42. The lowest BCUT2D eigenvalue weighted by Gasteiger charge is -2.06. The molecule has 1 nitrogen and oxygen atoms in total. The Hall–Kier alpha value is -1.86. The van der Waals surface area contributed by atoms with Crippen LogP contribution in [0.25, 0.3) is 0 Å². The van der Waals surface area contributed by atoms with Crippen molar-refractivity contribution < 1.29 is 8.78 Å². The zero-order valence-electron chi connectivity index (χ0n) is 9.58. The summed E-state index contributed by atoms with van der Waals surface area (Å²) in [7, 11) is 0. The number of hydrogen-bond acceptors (Lipinski definition) is 2. The van der Waals surface area contributed by atoms with Crippen molar-refractivity contribution in [1.29, 1.82) is 5.26 Å². The highest BCUT2D eigenvalue weighted by Gasteiger charge is 2.06. The molecule has 0 aromatic heterocycles. The molecular weight excluding hydrogens is 252 g/mol. The van der Waals surface area contributed by atoms with Crippen molar-refractivity contribution >= 4 is 11.8 Å². The van der Waals surface area contributed by atoms with Gasteiger partial charge in [-0.25, -0.2) is 8.78 Å². The van der Waals surface area contributed by atoms with E-state index in [1.165, 1.54) is 17.8 Å². The molecule has 0 saturated carbocycles. The monoisotopic (exact) mass is 261 g/mol. The molecule has 0 heterocycles. The smallest absolute Gasteiger partial charge is 0.159 e. The first-order valence-electron chi connectivity index (χ1n) is 5.24. The van der Waals surface area contributed by atoms with E-state index in [-0.39, 0.29) is 0 Å². The summed E-state index contributed by atoms with van der Waals surface area (Å²) in [6, 6.07) is 11.1. The highest BCUT2D eigenvalue weighted by atomic mass is 32.2. The summed E-state index contributed by atoms with van der Waals surface area (Å²) in [6.07, 6.45) is 0. The molecule has 0 amide bonds. The zero-order chi connectivity index (χ0) is 13.1. The van der Waals surface area contributed by atoms with Gasteiger partial charge in [-0.1, -0.05) is 11.8 Å². The third kappa shape index (κ3) is 2.69. The van der Waals surface area contributed by atoms with Crippen LogP contribution in [0.3, 0.4) is 0 Å². The van der Waals surface area contributed by atoms with E-state index in [2.05, 4.69) is 6.07 Å². The topological polar surface area (TPSA) is 23.8 Å². The molecule has 0 N–H and O–H groups in total. The van der Waals surface area contributed by atoms with Gasteiger partial charge in [0.25, 0.3) is 0 Å². The second kappa shape index (κ2) is 5.19. The molecular formula is C14H9F2NS. The van der Waals surface area contributed by atoms with Crippen molar-refractivity contribution in [3.8, 4) is 6.07 Å². The van der Waals surface area contributed by atoms with Crippen LogP contribution in [0.1, 0.15) is 11.1 Å². The van der Waals surface area contributed by atoms with Gasteiger partial charge >= 0.3 is 0 Å². The predicted octanol–water partition coefficient (Wildman–Crippen LogP) is 4.30. The SMILES string of the molecule is Cc1cc(C#N)ccc1Sc1ccc(F)c(F)c1. The second-order valence-electron chi connectivity index (χ2n) is 3.77. The van der Waals surface area contributed by atoms with Crippen molar-refractivity contribution in [3.63, 3.8) is 0 Å². The fourth-order valence-corrected chi connectivity index (χ4v) is 2.41. The van der Waals surface area contributed by atoms with Gasteiger partial charge in [0.15, 0.2) is 11.6 Å². The average molecular weight is 261 g/mol. The molecule has 0 fully saturated rings. The van der Waals surface area contributed by atoms with Gasteiger partial charge in [-0.2, -0.15) is 5.26 Å². The Morgan fingerprint density at radius 1 is 1.06 bits per heavy atom. The van der Waals surface area contributed by atoms with Crippen LogP contribution in [-0.4, -0.2) is 0 Å². The minimum atomic E-state index is -0.855. The molecule has 0 radical (unpaired) electrons. The molecule has 2 aromatic carbocycles. The Morgan fingerprint density at radius 2 is 1.83 bits per heavy atom. The highest BCUT2D eigenvalue weighted by Crippen LogP contribution is 2.31. The van der Waals surface area contributed by atoms with Crippen LogP contribution in [0.15, 0.2) is 46.2 Å². The van der Waals surface area contributed by atoms with Gasteiger partial charge in [0.2, 0.25) is 0 Å². The number of rotatable bonds is 2. The van der Waals surface area contributed by atoms with Crippen LogP contribution in [-0.2, 0) is 0 Å². The van der Waals surface area contributed by atoms with Gasteiger partial charge in [0.05, 0.1) is 11.6 Å². The summed E-state index contributed by atoms with van der Waals surface area (Å²) >= 11 is 1.34. The summed E-state index contributed by atoms with van der Waals surface area (Å²) in [6.45, 7) is 1.88. The molecule has 0 saturated heterocycles. The van der Waals surface area contributed by atoms with Crippen molar-refractivity contribution in [3.05, 3.63) is 59.2 Å². The van der Waals surface area contributed by atoms with Crippen molar-refractivity contribution in [1.82, 2.24) is 0 Å². The number of nitriles is 1. The maximum absolute atomic E-state index is 13.1. The number of halogens is 2. The van der Waals surface area contributed by atoms with E-state index >= 15 is 0 Å². The Kier molecular flexibility index (Phi) is 3.63. The van der Waals surface area contributed by atoms with Crippen LogP contribution in [0.5, 0.6) is 0 Å². The lowest BCUT2D eigenvalue weighted by molar-refractivity contribution is 0.506. The van der Waals surface area contributed by atoms with Crippen LogP contribution >= 0.6 is 11.8 Å². The molecule has 2 aromatic rings. The largest absolute Gasteiger partial charge is 0.204 e. The fourth-order valence-electron chi connectivity index (χ4n) is 1.50. The Labute approximate surface area is 108 Å². The standard InChI is InChI=1S/C14H9F2NS/c1-9-6-10(8-17)2-5-14(9)18-11-3-4-12(15)13(16)7-11/h2-7H,1H3. The maximum Gasteiger partial charge on any atom is 0.159 e. The highest BCUT2D eigenvalue weighted by molar-refractivity contribution is 7.99. The predicted molar refractivity (Wildman–Crippen MR) is 66.4 cm³/mol. The van der Waals surface area contributed by atoms with E-state index < -0.39 is 11.6 Å². The first-order chi connectivity index (χ1) is 8.60. The normalized spacial score (nSPS) is 10.1. The first-order valence-corrected chi connectivity index (χ1v) is 6.05. The number of hydrogen-bond donors (Lipinski definition) is 0. The van der Waals surface area contributed by atoms with E-state index in [9.17, 15) is 8.78 Å². The van der Waals surface area contributed by atoms with Crippen LogP contribution < -0.4 is 0 Å². The third-order valence-corrected chi connectivity index (χ3v) is 3.59. The Morgan fingerprint density at radius 3 is 2.44 bits per heavy atom. The Bertz CT molecular complexity index is 632. The van der Waals surface area contributed by atoms with Gasteiger partial charge < -0.3 is 0 Å². The van der Waals surface area contributed by atoms with Crippen LogP contribution in [0.2, 0.25) is 0 Å². The molecule has 2 rings (SSSR count). The molecule has 0 bridgehead atoms. The van der Waals surface area contributed by atoms with E-state index in [0.29, 0.717) is 10.5 Å². The number of aryl methyl sites for hydroxylation is 1. The van der Waals surface area contributed by atoms with Crippen molar-refractivity contribution in [2.75, 3.05) is 0 Å². The van der Waals surface area contributed by atoms with Crippen LogP contribution in [0.4, 0.5) is 8.78 Å². The molecule has 18 heavy (non-hydrogen) atoms. The fraction of sp³-hybridized carbons (Fsp3) is 0.0714.